The standard InChI is InChI=1S/C30H29ClFNO9S/c1-15(34)38-14-24-28(39-16(2)35)30(41-18(4)37)29(40-17(3)36)27(42-24)19-5-8-23(31)21(11-19)12-22-7-9-25(43-22)20-6-10-26(32)33-13-20/h5-11,13,24,27-30H,12,14H2,1-4H3/t24-,27?,28-,29+,30?/m1/s1. The Morgan fingerprint density at radius 1 is 0.884 bits per heavy atom. The summed E-state index contributed by atoms with van der Waals surface area (Å²) in [4.78, 5) is 53.5. The van der Waals surface area contributed by atoms with Gasteiger partial charge in [-0.05, 0) is 41.5 Å². The highest BCUT2D eigenvalue weighted by molar-refractivity contribution is 7.15. The van der Waals surface area contributed by atoms with Gasteiger partial charge < -0.3 is 23.7 Å². The first kappa shape index (κ1) is 32.1. The fraction of sp³-hybridized carbons (Fsp3) is 0.367. The van der Waals surface area contributed by atoms with Crippen LogP contribution in [-0.4, -0.2) is 59.9 Å². The summed E-state index contributed by atoms with van der Waals surface area (Å²) >= 11 is 8.07. The summed E-state index contributed by atoms with van der Waals surface area (Å²) < 4.78 is 41.3. The summed E-state index contributed by atoms with van der Waals surface area (Å²) in [6.07, 6.45) is -3.97. The molecule has 4 rings (SSSR count). The maximum absolute atomic E-state index is 13.3. The minimum absolute atomic E-state index is 0.328. The third-order valence-corrected chi connectivity index (χ3v) is 7.93. The molecular weight excluding hydrogens is 605 g/mol. The Morgan fingerprint density at radius 2 is 1.56 bits per heavy atom. The predicted molar refractivity (Wildman–Crippen MR) is 153 cm³/mol. The number of nitrogens with zero attached hydrogens (tertiary/aromatic N) is 1. The molecule has 1 aliphatic rings. The number of esters is 4. The fourth-order valence-corrected chi connectivity index (χ4v) is 5.95. The number of hydrogen-bond acceptors (Lipinski definition) is 11. The average Bonchev–Trinajstić information content (AvgIpc) is 3.39. The zero-order chi connectivity index (χ0) is 31.3. The number of benzene rings is 1. The van der Waals surface area contributed by atoms with Gasteiger partial charge in [0.2, 0.25) is 5.95 Å². The highest BCUT2D eigenvalue weighted by atomic mass is 35.5. The smallest absolute Gasteiger partial charge is 0.303 e. The Bertz CT molecular complexity index is 1490. The Hall–Kier alpha value is -3.87. The third-order valence-electron chi connectivity index (χ3n) is 6.43. The van der Waals surface area contributed by atoms with Crippen molar-refractivity contribution in [2.24, 2.45) is 0 Å². The summed E-state index contributed by atoms with van der Waals surface area (Å²) in [5.74, 6) is -3.28. The van der Waals surface area contributed by atoms with E-state index in [0.29, 0.717) is 17.0 Å². The molecule has 1 fully saturated rings. The van der Waals surface area contributed by atoms with E-state index in [-0.39, 0.29) is 6.61 Å². The molecule has 0 N–H and O–H groups in total. The van der Waals surface area contributed by atoms with E-state index in [4.69, 9.17) is 35.3 Å². The first-order valence-corrected chi connectivity index (χ1v) is 14.4. The second-order valence-corrected chi connectivity index (χ2v) is 11.4. The molecule has 0 bridgehead atoms. The molecule has 43 heavy (non-hydrogen) atoms. The number of thiophene rings is 1. The van der Waals surface area contributed by atoms with Gasteiger partial charge in [-0.2, -0.15) is 4.39 Å². The van der Waals surface area contributed by atoms with Gasteiger partial charge in [-0.3, -0.25) is 19.2 Å². The Labute approximate surface area is 256 Å². The summed E-state index contributed by atoms with van der Waals surface area (Å²) in [7, 11) is 0. The van der Waals surface area contributed by atoms with Crippen molar-refractivity contribution in [3.8, 4) is 10.4 Å². The summed E-state index contributed by atoms with van der Waals surface area (Å²) in [6.45, 7) is 4.39. The SMILES string of the molecule is CC(=O)OC[C@H]1OC(c2ccc(Cl)c(Cc3ccc(-c4ccc(F)nc4)s3)c2)[C@H](OC(C)=O)C(OC(C)=O)[C@@H]1OC(C)=O. The molecule has 1 saturated heterocycles. The molecule has 0 spiro atoms. The van der Waals surface area contributed by atoms with Crippen LogP contribution in [0.1, 0.15) is 49.8 Å². The maximum Gasteiger partial charge on any atom is 0.303 e. The molecule has 2 aromatic heterocycles. The second-order valence-electron chi connectivity index (χ2n) is 9.78. The highest BCUT2D eigenvalue weighted by Gasteiger charge is 2.52. The van der Waals surface area contributed by atoms with Gasteiger partial charge in [0, 0.05) is 60.7 Å². The van der Waals surface area contributed by atoms with E-state index in [0.717, 1.165) is 27.8 Å². The molecule has 1 aromatic carbocycles. The lowest BCUT2D eigenvalue weighted by Crippen LogP contribution is -2.59. The normalized spacial score (nSPS) is 21.5. The number of carbonyl (C=O) groups is 4. The van der Waals surface area contributed by atoms with E-state index in [1.165, 1.54) is 44.4 Å². The Morgan fingerprint density at radius 3 is 2.19 bits per heavy atom. The lowest BCUT2D eigenvalue weighted by molar-refractivity contribution is -0.254. The quantitative estimate of drug-likeness (QED) is 0.181. The van der Waals surface area contributed by atoms with E-state index in [9.17, 15) is 23.6 Å². The van der Waals surface area contributed by atoms with Crippen molar-refractivity contribution >= 4 is 46.8 Å². The van der Waals surface area contributed by atoms with E-state index < -0.39 is 60.3 Å². The molecule has 3 aromatic rings. The molecule has 228 valence electrons. The van der Waals surface area contributed by atoms with E-state index in [1.807, 2.05) is 12.1 Å². The molecule has 0 saturated carbocycles. The summed E-state index contributed by atoms with van der Waals surface area (Å²) in [5, 5.41) is 0.466. The molecule has 10 nitrogen and oxygen atoms in total. The van der Waals surface area contributed by atoms with Crippen molar-refractivity contribution in [2.45, 2.75) is 64.6 Å². The van der Waals surface area contributed by atoms with Crippen LogP contribution in [0.25, 0.3) is 10.4 Å². The first-order chi connectivity index (χ1) is 20.4. The van der Waals surface area contributed by atoms with E-state index >= 15 is 0 Å². The molecule has 1 aliphatic heterocycles. The van der Waals surface area contributed by atoms with Crippen molar-refractivity contribution in [1.29, 1.82) is 0 Å². The highest BCUT2D eigenvalue weighted by Crippen LogP contribution is 2.39. The Kier molecular flexibility index (Phi) is 10.5. The lowest BCUT2D eigenvalue weighted by atomic mass is 9.89. The van der Waals surface area contributed by atoms with Gasteiger partial charge in [0.05, 0.1) is 0 Å². The average molecular weight is 634 g/mol. The largest absolute Gasteiger partial charge is 0.463 e. The zero-order valence-corrected chi connectivity index (χ0v) is 25.3. The van der Waals surface area contributed by atoms with Crippen molar-refractivity contribution < 1.29 is 47.3 Å². The molecule has 3 heterocycles. The van der Waals surface area contributed by atoms with Crippen molar-refractivity contribution in [1.82, 2.24) is 4.98 Å². The van der Waals surface area contributed by atoms with Gasteiger partial charge in [-0.25, -0.2) is 4.98 Å². The zero-order valence-electron chi connectivity index (χ0n) is 23.7. The molecule has 13 heteroatoms. The number of ether oxygens (including phenoxy) is 5. The predicted octanol–water partition coefficient (Wildman–Crippen LogP) is 4.99. The Balaban J connectivity index is 1.70. The molecule has 0 amide bonds. The third kappa shape index (κ3) is 8.37. The van der Waals surface area contributed by atoms with Gasteiger partial charge in [0.15, 0.2) is 18.3 Å². The van der Waals surface area contributed by atoms with Crippen molar-refractivity contribution in [3.63, 3.8) is 0 Å². The topological polar surface area (TPSA) is 127 Å². The van der Waals surface area contributed by atoms with Gasteiger partial charge in [-0.15, -0.1) is 11.3 Å². The second kappa shape index (κ2) is 14.1. The minimum Gasteiger partial charge on any atom is -0.463 e. The van der Waals surface area contributed by atoms with Crippen molar-refractivity contribution in [2.75, 3.05) is 6.61 Å². The number of rotatable bonds is 9. The van der Waals surface area contributed by atoms with Gasteiger partial charge >= 0.3 is 23.9 Å². The summed E-state index contributed by atoms with van der Waals surface area (Å²) in [5.41, 5.74) is 2.02. The van der Waals surface area contributed by atoms with Crippen LogP contribution in [0, 0.1) is 5.95 Å². The summed E-state index contributed by atoms with van der Waals surface area (Å²) in [6, 6.07) is 11.9. The molecular formula is C30H29ClFNO9S. The molecule has 5 atom stereocenters. The molecule has 0 radical (unpaired) electrons. The van der Waals surface area contributed by atoms with Gasteiger partial charge in [-0.1, -0.05) is 23.7 Å². The minimum atomic E-state index is -1.28. The van der Waals surface area contributed by atoms with Crippen LogP contribution in [0.15, 0.2) is 48.7 Å². The number of hydrogen-bond donors (Lipinski definition) is 0. The van der Waals surface area contributed by atoms with Crippen LogP contribution >= 0.6 is 22.9 Å². The lowest BCUT2D eigenvalue weighted by Gasteiger charge is -2.44. The van der Waals surface area contributed by atoms with Gasteiger partial charge in [0.25, 0.3) is 0 Å². The van der Waals surface area contributed by atoms with Crippen molar-refractivity contribution in [3.05, 3.63) is 75.6 Å². The number of carbonyl (C=O) groups excluding carboxylic acids is 4. The van der Waals surface area contributed by atoms with Crippen LogP contribution in [0.5, 0.6) is 0 Å². The molecule has 2 unspecified atom stereocenters. The van der Waals surface area contributed by atoms with Crippen LogP contribution in [0.3, 0.4) is 0 Å². The van der Waals surface area contributed by atoms with E-state index in [1.54, 1.807) is 24.3 Å². The molecule has 0 aliphatic carbocycles. The number of pyridine rings is 1. The van der Waals surface area contributed by atoms with E-state index in [2.05, 4.69) is 4.98 Å². The first-order valence-electron chi connectivity index (χ1n) is 13.2. The fourth-order valence-electron chi connectivity index (χ4n) is 4.74. The van der Waals surface area contributed by atoms with Crippen LogP contribution in [-0.2, 0) is 49.3 Å². The number of aromatic nitrogens is 1. The monoisotopic (exact) mass is 633 g/mol. The van der Waals surface area contributed by atoms with Crippen LogP contribution in [0.2, 0.25) is 5.02 Å². The van der Waals surface area contributed by atoms with Crippen LogP contribution in [0.4, 0.5) is 4.39 Å². The van der Waals surface area contributed by atoms with Gasteiger partial charge in [0.1, 0.15) is 18.8 Å². The van der Waals surface area contributed by atoms with Crippen LogP contribution < -0.4 is 0 Å². The maximum atomic E-state index is 13.3. The number of halogens is 2.